The number of rotatable bonds is 5. The summed E-state index contributed by atoms with van der Waals surface area (Å²) >= 11 is 0. The average molecular weight is 408 g/mol. The molecule has 2 aliphatic rings. The highest BCUT2D eigenvalue weighted by Gasteiger charge is 2.23. The van der Waals surface area contributed by atoms with Gasteiger partial charge >= 0.3 is 0 Å². The van der Waals surface area contributed by atoms with Crippen molar-refractivity contribution < 1.29 is 9.53 Å². The number of pyridine rings is 1. The Morgan fingerprint density at radius 3 is 2.67 bits per heavy atom. The summed E-state index contributed by atoms with van der Waals surface area (Å²) in [6, 6.07) is 2.16. The second-order valence-corrected chi connectivity index (χ2v) is 7.34. The summed E-state index contributed by atoms with van der Waals surface area (Å²) in [5.41, 5.74) is 7.57. The summed E-state index contributed by atoms with van der Waals surface area (Å²) < 4.78 is 5.42. The van der Waals surface area contributed by atoms with E-state index in [1.54, 1.807) is 18.6 Å². The first kappa shape index (κ1) is 20.4. The lowest BCUT2D eigenvalue weighted by molar-refractivity contribution is 0.102. The Kier molecular flexibility index (Phi) is 6.29. The third kappa shape index (κ3) is 4.47. The van der Waals surface area contributed by atoms with Crippen LogP contribution in [0.2, 0.25) is 0 Å². The van der Waals surface area contributed by atoms with Crippen molar-refractivity contribution >= 4 is 36.9 Å². The number of hydrogen-bond acceptors (Lipinski definition) is 9. The van der Waals surface area contributed by atoms with Crippen LogP contribution < -0.4 is 26.1 Å². The second-order valence-electron chi connectivity index (χ2n) is 7.34. The number of hydrogen-bond donors (Lipinski definition) is 3. The minimum Gasteiger partial charge on any atom is -0.382 e. The summed E-state index contributed by atoms with van der Waals surface area (Å²) in [5, 5.41) is 5.71. The Hall–Kier alpha value is -2.92. The van der Waals surface area contributed by atoms with Gasteiger partial charge in [0.1, 0.15) is 5.82 Å². The van der Waals surface area contributed by atoms with Gasteiger partial charge in [0.2, 0.25) is 0 Å². The molecule has 156 valence electrons. The number of amides is 1. The number of aromatic nitrogens is 3. The molecule has 11 heteroatoms. The Bertz CT molecular complexity index is 885. The molecule has 2 radical (unpaired) electrons. The lowest BCUT2D eigenvalue weighted by Gasteiger charge is -2.32. The Morgan fingerprint density at radius 2 is 1.93 bits per heavy atom. The van der Waals surface area contributed by atoms with Crippen LogP contribution in [0.1, 0.15) is 23.3 Å². The molecule has 4 N–H and O–H groups in total. The van der Waals surface area contributed by atoms with Crippen molar-refractivity contribution in [3.8, 4) is 0 Å². The van der Waals surface area contributed by atoms with Crippen LogP contribution in [0.25, 0.3) is 0 Å². The van der Waals surface area contributed by atoms with Gasteiger partial charge in [-0.3, -0.25) is 9.78 Å². The zero-order valence-corrected chi connectivity index (χ0v) is 16.8. The SMILES string of the molecule is [B]NC1CCN(c2cnc(N)c(C(=O)Nc3cnccc3N3CCOCC3)n2)CC1. The molecule has 2 aromatic rings. The summed E-state index contributed by atoms with van der Waals surface area (Å²) in [7, 11) is 5.53. The number of nitrogen functional groups attached to an aromatic ring is 1. The van der Waals surface area contributed by atoms with Crippen molar-refractivity contribution in [1.82, 2.24) is 20.2 Å². The normalized spacial score (nSPS) is 17.7. The van der Waals surface area contributed by atoms with Gasteiger partial charge in [0, 0.05) is 32.4 Å². The maximum absolute atomic E-state index is 13.0. The number of morpholine rings is 1. The molecule has 0 bridgehead atoms. The first-order valence-corrected chi connectivity index (χ1v) is 10.1. The van der Waals surface area contributed by atoms with Crippen molar-refractivity contribution in [3.05, 3.63) is 30.4 Å². The van der Waals surface area contributed by atoms with E-state index in [-0.39, 0.29) is 17.6 Å². The standard InChI is InChI=1S/C19H25BN8O2/c20-26-13-2-5-28(6-3-13)16-12-23-18(21)17(25-16)19(29)24-14-11-22-4-1-15(14)27-7-9-30-10-8-27/h1,4,11-13,26H,2-3,5-10H2,(H2,21,23)(H,24,29). The number of anilines is 4. The van der Waals surface area contributed by atoms with E-state index in [4.69, 9.17) is 18.5 Å². The van der Waals surface area contributed by atoms with E-state index >= 15 is 0 Å². The molecule has 1 amide bonds. The minimum absolute atomic E-state index is 0.0894. The highest BCUT2D eigenvalue weighted by atomic mass is 16.5. The highest BCUT2D eigenvalue weighted by Crippen LogP contribution is 2.26. The van der Waals surface area contributed by atoms with Gasteiger partial charge in [-0.25, -0.2) is 9.97 Å². The van der Waals surface area contributed by atoms with E-state index < -0.39 is 5.91 Å². The first-order chi connectivity index (χ1) is 14.7. The van der Waals surface area contributed by atoms with Crippen molar-refractivity contribution in [2.24, 2.45) is 0 Å². The topological polar surface area (TPSA) is 122 Å². The average Bonchev–Trinajstić information content (AvgIpc) is 2.80. The zero-order chi connectivity index (χ0) is 20.9. The Morgan fingerprint density at radius 1 is 1.17 bits per heavy atom. The first-order valence-electron chi connectivity index (χ1n) is 10.1. The van der Waals surface area contributed by atoms with Crippen molar-refractivity contribution in [2.75, 3.05) is 60.2 Å². The molecule has 4 heterocycles. The van der Waals surface area contributed by atoms with Gasteiger partial charge in [-0.1, -0.05) is 0 Å². The molecule has 10 nitrogen and oxygen atoms in total. The fourth-order valence-corrected chi connectivity index (χ4v) is 3.73. The summed E-state index contributed by atoms with van der Waals surface area (Å²) in [6.45, 7) is 4.34. The van der Waals surface area contributed by atoms with E-state index in [2.05, 4.69) is 35.3 Å². The van der Waals surface area contributed by atoms with Crippen LogP contribution in [0.15, 0.2) is 24.7 Å². The third-order valence-corrected chi connectivity index (χ3v) is 5.46. The predicted molar refractivity (Wildman–Crippen MR) is 116 cm³/mol. The van der Waals surface area contributed by atoms with E-state index in [1.807, 2.05) is 6.07 Å². The third-order valence-electron chi connectivity index (χ3n) is 5.46. The monoisotopic (exact) mass is 408 g/mol. The molecule has 0 aliphatic carbocycles. The smallest absolute Gasteiger partial charge is 0.278 e. The lowest BCUT2D eigenvalue weighted by Crippen LogP contribution is -2.42. The predicted octanol–water partition coefficient (Wildman–Crippen LogP) is 0.185. The van der Waals surface area contributed by atoms with Crippen LogP contribution in [0.5, 0.6) is 0 Å². The van der Waals surface area contributed by atoms with Crippen LogP contribution in [0.4, 0.5) is 23.0 Å². The molecule has 0 spiro atoms. The van der Waals surface area contributed by atoms with Gasteiger partial charge in [-0.2, -0.15) is 0 Å². The molecule has 0 unspecified atom stereocenters. The fourth-order valence-electron chi connectivity index (χ4n) is 3.73. The quantitative estimate of drug-likeness (QED) is 0.595. The zero-order valence-electron chi connectivity index (χ0n) is 16.8. The van der Waals surface area contributed by atoms with Crippen LogP contribution >= 0.6 is 0 Å². The molecule has 0 saturated carbocycles. The molecule has 2 aliphatic heterocycles. The van der Waals surface area contributed by atoms with E-state index in [0.29, 0.717) is 24.7 Å². The largest absolute Gasteiger partial charge is 0.382 e. The molecular formula is C19H25BN8O2. The van der Waals surface area contributed by atoms with Crippen molar-refractivity contribution in [3.63, 3.8) is 0 Å². The van der Waals surface area contributed by atoms with Gasteiger partial charge in [-0.05, 0) is 24.9 Å². The van der Waals surface area contributed by atoms with Crippen LogP contribution in [0, 0.1) is 0 Å². The van der Waals surface area contributed by atoms with Crippen molar-refractivity contribution in [2.45, 2.75) is 18.9 Å². The second kappa shape index (κ2) is 9.27. The summed E-state index contributed by atoms with van der Waals surface area (Å²) in [5.74, 6) is 0.304. The molecule has 30 heavy (non-hydrogen) atoms. The molecule has 2 saturated heterocycles. The van der Waals surface area contributed by atoms with Gasteiger partial charge in [-0.15, -0.1) is 0 Å². The number of ether oxygens (including phenoxy) is 1. The Balaban J connectivity index is 1.52. The number of piperidine rings is 1. The van der Waals surface area contributed by atoms with E-state index in [1.165, 1.54) is 0 Å². The maximum atomic E-state index is 13.0. The van der Waals surface area contributed by atoms with E-state index in [0.717, 1.165) is 44.7 Å². The number of nitrogens with one attached hydrogen (secondary N) is 2. The van der Waals surface area contributed by atoms with Gasteiger partial charge in [0.15, 0.2) is 19.5 Å². The maximum Gasteiger partial charge on any atom is 0.278 e. The molecule has 0 aromatic carbocycles. The molecule has 0 atom stereocenters. The van der Waals surface area contributed by atoms with Crippen LogP contribution in [-0.4, -0.2) is 74.3 Å². The summed E-state index contributed by atoms with van der Waals surface area (Å²) in [4.78, 5) is 30.1. The van der Waals surface area contributed by atoms with Gasteiger partial charge in [0.25, 0.3) is 5.91 Å². The van der Waals surface area contributed by atoms with Crippen LogP contribution in [-0.2, 0) is 4.74 Å². The highest BCUT2D eigenvalue weighted by molar-refractivity contribution is 6.07. The fraction of sp³-hybridized carbons (Fsp3) is 0.474. The van der Waals surface area contributed by atoms with Gasteiger partial charge in [0.05, 0.1) is 37.0 Å². The van der Waals surface area contributed by atoms with Crippen LogP contribution in [0.3, 0.4) is 0 Å². The van der Waals surface area contributed by atoms with E-state index in [9.17, 15) is 4.79 Å². The van der Waals surface area contributed by atoms with Gasteiger partial charge < -0.3 is 30.8 Å². The molecule has 4 rings (SSSR count). The summed E-state index contributed by atoms with van der Waals surface area (Å²) in [6.07, 6.45) is 6.72. The number of nitrogens with zero attached hydrogens (tertiary/aromatic N) is 5. The minimum atomic E-state index is -0.414. The Labute approximate surface area is 176 Å². The molecular weight excluding hydrogens is 383 g/mol. The number of carbonyl (C=O) groups excluding carboxylic acids is 1. The lowest BCUT2D eigenvalue weighted by atomic mass is 10.0. The molecule has 2 aromatic heterocycles. The molecule has 2 fully saturated rings. The number of carbonyl (C=O) groups is 1. The number of nitrogens with two attached hydrogens (primary N) is 1. The van der Waals surface area contributed by atoms with Crippen molar-refractivity contribution in [1.29, 1.82) is 0 Å².